The fraction of sp³-hybridized carbons (Fsp3) is 0.467. The summed E-state index contributed by atoms with van der Waals surface area (Å²) in [6.45, 7) is 6.04. The minimum Gasteiger partial charge on any atom is -0.484 e. The number of hydrogen-bond acceptors (Lipinski definition) is 3. The molecule has 0 heterocycles. The van der Waals surface area contributed by atoms with Crippen molar-refractivity contribution in [3.8, 4) is 5.75 Å². The lowest BCUT2D eigenvalue weighted by Gasteiger charge is -2.11. The molecule has 1 atom stereocenters. The zero-order valence-electron chi connectivity index (χ0n) is 12.1. The van der Waals surface area contributed by atoms with Crippen LogP contribution < -0.4 is 10.1 Å². The number of aryl methyl sites for hydroxylation is 2. The summed E-state index contributed by atoms with van der Waals surface area (Å²) in [5, 5.41) is 11.3. The molecule has 0 bridgehead atoms. The van der Waals surface area contributed by atoms with Crippen LogP contribution in [0.1, 0.15) is 24.5 Å². The van der Waals surface area contributed by atoms with Crippen molar-refractivity contribution in [2.45, 2.75) is 27.2 Å². The van der Waals surface area contributed by atoms with Crippen molar-refractivity contribution in [1.82, 2.24) is 5.32 Å². The first-order chi connectivity index (χ1) is 9.38. The first-order valence-corrected chi connectivity index (χ1v) is 6.57. The van der Waals surface area contributed by atoms with Gasteiger partial charge in [-0.25, -0.2) is 0 Å². The Hall–Kier alpha value is -2.04. The standard InChI is InChI=1S/C15H21NO4/c1-10(6-15(18)19)8-16-14(17)9-20-13-5-4-11(2)12(3)7-13/h4-5,7,10H,6,8-9H2,1-3H3,(H,16,17)(H,18,19). The van der Waals surface area contributed by atoms with E-state index in [0.717, 1.165) is 5.56 Å². The molecular formula is C15H21NO4. The second-order valence-corrected chi connectivity index (χ2v) is 5.04. The number of aliphatic carboxylic acids is 1. The topological polar surface area (TPSA) is 75.6 Å². The fourth-order valence-corrected chi connectivity index (χ4v) is 1.66. The zero-order chi connectivity index (χ0) is 15.1. The minimum atomic E-state index is -0.863. The van der Waals surface area contributed by atoms with E-state index in [4.69, 9.17) is 9.84 Å². The lowest BCUT2D eigenvalue weighted by atomic mass is 10.1. The van der Waals surface area contributed by atoms with E-state index in [9.17, 15) is 9.59 Å². The van der Waals surface area contributed by atoms with Gasteiger partial charge in [0.15, 0.2) is 6.61 Å². The number of ether oxygens (including phenoxy) is 1. The van der Waals surface area contributed by atoms with Crippen LogP contribution in [0.4, 0.5) is 0 Å². The lowest BCUT2D eigenvalue weighted by Crippen LogP contribution is -2.33. The normalized spacial score (nSPS) is 11.8. The second kappa shape index (κ2) is 7.53. The molecule has 2 N–H and O–H groups in total. The van der Waals surface area contributed by atoms with Gasteiger partial charge in [-0.2, -0.15) is 0 Å². The van der Waals surface area contributed by atoms with Crippen molar-refractivity contribution in [1.29, 1.82) is 0 Å². The summed E-state index contributed by atoms with van der Waals surface area (Å²) in [7, 11) is 0. The summed E-state index contributed by atoms with van der Waals surface area (Å²) >= 11 is 0. The molecule has 110 valence electrons. The number of carboxylic acids is 1. The number of carbonyl (C=O) groups is 2. The van der Waals surface area contributed by atoms with E-state index in [1.807, 2.05) is 32.0 Å². The molecule has 1 rings (SSSR count). The molecule has 0 aliphatic heterocycles. The fourth-order valence-electron chi connectivity index (χ4n) is 1.66. The highest BCUT2D eigenvalue weighted by Gasteiger charge is 2.09. The molecule has 0 fully saturated rings. The van der Waals surface area contributed by atoms with Crippen LogP contribution in [0.5, 0.6) is 5.75 Å². The molecule has 5 nitrogen and oxygen atoms in total. The van der Waals surface area contributed by atoms with Gasteiger partial charge in [0.25, 0.3) is 5.91 Å². The molecule has 0 aliphatic rings. The Morgan fingerprint density at radius 2 is 2.00 bits per heavy atom. The molecular weight excluding hydrogens is 258 g/mol. The van der Waals surface area contributed by atoms with Crippen LogP contribution in [-0.4, -0.2) is 30.1 Å². The van der Waals surface area contributed by atoms with Gasteiger partial charge in [-0.05, 0) is 43.0 Å². The molecule has 0 radical (unpaired) electrons. The van der Waals surface area contributed by atoms with Crippen LogP contribution >= 0.6 is 0 Å². The van der Waals surface area contributed by atoms with Gasteiger partial charge in [0.2, 0.25) is 0 Å². The molecule has 1 aromatic carbocycles. The Labute approximate surface area is 118 Å². The number of amides is 1. The molecule has 0 saturated heterocycles. The minimum absolute atomic E-state index is 0.0400. The van der Waals surface area contributed by atoms with Crippen LogP contribution in [0.25, 0.3) is 0 Å². The third-order valence-electron chi connectivity index (χ3n) is 3.02. The average Bonchev–Trinajstić information content (AvgIpc) is 2.37. The van der Waals surface area contributed by atoms with Gasteiger partial charge >= 0.3 is 5.97 Å². The molecule has 1 unspecified atom stereocenters. The highest BCUT2D eigenvalue weighted by Crippen LogP contribution is 2.16. The van der Waals surface area contributed by atoms with E-state index in [1.165, 1.54) is 5.56 Å². The molecule has 5 heteroatoms. The van der Waals surface area contributed by atoms with Gasteiger partial charge in [-0.3, -0.25) is 9.59 Å². The van der Waals surface area contributed by atoms with Gasteiger partial charge in [-0.15, -0.1) is 0 Å². The Morgan fingerprint density at radius 3 is 2.60 bits per heavy atom. The highest BCUT2D eigenvalue weighted by molar-refractivity contribution is 5.77. The van der Waals surface area contributed by atoms with E-state index in [2.05, 4.69) is 5.32 Å². The molecule has 0 saturated carbocycles. The maximum Gasteiger partial charge on any atom is 0.303 e. The first-order valence-electron chi connectivity index (χ1n) is 6.57. The van der Waals surface area contributed by atoms with Crippen LogP contribution in [-0.2, 0) is 9.59 Å². The smallest absolute Gasteiger partial charge is 0.303 e. The van der Waals surface area contributed by atoms with Gasteiger partial charge in [-0.1, -0.05) is 13.0 Å². The monoisotopic (exact) mass is 279 g/mol. The predicted molar refractivity (Wildman–Crippen MR) is 75.8 cm³/mol. The maximum absolute atomic E-state index is 11.6. The largest absolute Gasteiger partial charge is 0.484 e. The second-order valence-electron chi connectivity index (χ2n) is 5.04. The van der Waals surface area contributed by atoms with Crippen LogP contribution in [0, 0.1) is 19.8 Å². The van der Waals surface area contributed by atoms with E-state index < -0.39 is 5.97 Å². The van der Waals surface area contributed by atoms with Crippen LogP contribution in [0.15, 0.2) is 18.2 Å². The van der Waals surface area contributed by atoms with Gasteiger partial charge in [0, 0.05) is 13.0 Å². The molecule has 0 spiro atoms. The number of hydrogen-bond donors (Lipinski definition) is 2. The number of nitrogens with one attached hydrogen (secondary N) is 1. The van der Waals surface area contributed by atoms with Crippen LogP contribution in [0.3, 0.4) is 0 Å². The number of rotatable bonds is 7. The van der Waals surface area contributed by atoms with Gasteiger partial charge < -0.3 is 15.2 Å². The molecule has 0 aliphatic carbocycles. The van der Waals surface area contributed by atoms with Crippen molar-refractivity contribution in [3.63, 3.8) is 0 Å². The summed E-state index contributed by atoms with van der Waals surface area (Å²) in [5.74, 6) is -0.557. The average molecular weight is 279 g/mol. The van der Waals surface area contributed by atoms with E-state index >= 15 is 0 Å². The molecule has 1 amide bonds. The first kappa shape index (κ1) is 16.0. The number of carboxylic acid groups (broad SMARTS) is 1. The van der Waals surface area contributed by atoms with Gasteiger partial charge in [0.05, 0.1) is 0 Å². The van der Waals surface area contributed by atoms with Crippen molar-refractivity contribution >= 4 is 11.9 Å². The Bertz CT molecular complexity index is 485. The molecule has 20 heavy (non-hydrogen) atoms. The molecule has 0 aromatic heterocycles. The third kappa shape index (κ3) is 5.73. The zero-order valence-corrected chi connectivity index (χ0v) is 12.1. The summed E-state index contributed by atoms with van der Waals surface area (Å²) in [5.41, 5.74) is 2.28. The van der Waals surface area contributed by atoms with E-state index in [-0.39, 0.29) is 24.9 Å². The van der Waals surface area contributed by atoms with Crippen molar-refractivity contribution in [3.05, 3.63) is 29.3 Å². The third-order valence-corrected chi connectivity index (χ3v) is 3.02. The Morgan fingerprint density at radius 1 is 1.30 bits per heavy atom. The van der Waals surface area contributed by atoms with Crippen molar-refractivity contribution in [2.24, 2.45) is 5.92 Å². The van der Waals surface area contributed by atoms with Crippen LogP contribution in [0.2, 0.25) is 0 Å². The van der Waals surface area contributed by atoms with Gasteiger partial charge in [0.1, 0.15) is 5.75 Å². The highest BCUT2D eigenvalue weighted by atomic mass is 16.5. The van der Waals surface area contributed by atoms with E-state index in [1.54, 1.807) is 6.92 Å². The quantitative estimate of drug-likeness (QED) is 0.799. The maximum atomic E-state index is 11.6. The Balaban J connectivity index is 2.32. The summed E-state index contributed by atoms with van der Waals surface area (Å²) in [6.07, 6.45) is 0.0400. The van der Waals surface area contributed by atoms with Crippen molar-refractivity contribution < 1.29 is 19.4 Å². The Kier molecular flexibility index (Phi) is 6.03. The lowest BCUT2D eigenvalue weighted by molar-refractivity contribution is -0.138. The van der Waals surface area contributed by atoms with Crippen molar-refractivity contribution in [2.75, 3.05) is 13.2 Å². The summed E-state index contributed by atoms with van der Waals surface area (Å²) in [6, 6.07) is 5.65. The SMILES string of the molecule is Cc1ccc(OCC(=O)NCC(C)CC(=O)O)cc1C. The summed E-state index contributed by atoms with van der Waals surface area (Å²) < 4.78 is 5.39. The number of benzene rings is 1. The summed E-state index contributed by atoms with van der Waals surface area (Å²) in [4.78, 5) is 22.1. The number of carbonyl (C=O) groups excluding carboxylic acids is 1. The molecule has 1 aromatic rings. The van der Waals surface area contributed by atoms with E-state index in [0.29, 0.717) is 12.3 Å². The predicted octanol–water partition coefficient (Wildman–Crippen LogP) is 1.91.